The lowest BCUT2D eigenvalue weighted by Gasteiger charge is -2.24. The average molecular weight is 239 g/mol. The third-order valence-electron chi connectivity index (χ3n) is 2.92. The van der Waals surface area contributed by atoms with E-state index in [0.29, 0.717) is 12.8 Å². The predicted octanol–water partition coefficient (Wildman–Crippen LogP) is 2.26. The molecule has 0 radical (unpaired) electrons. The summed E-state index contributed by atoms with van der Waals surface area (Å²) in [5.74, 6) is 2.47. The number of thiol groups is 1. The molecule has 1 aliphatic rings. The highest BCUT2D eigenvalue weighted by molar-refractivity contribution is 7.80. The molecule has 0 fully saturated rings. The maximum absolute atomic E-state index is 5.40. The number of fused-ring (bicyclic) bond motifs is 1. The van der Waals surface area contributed by atoms with Gasteiger partial charge in [0, 0.05) is 11.8 Å². The van der Waals surface area contributed by atoms with Gasteiger partial charge in [0.2, 0.25) is 6.79 Å². The van der Waals surface area contributed by atoms with E-state index in [-0.39, 0.29) is 0 Å². The molecule has 4 heteroatoms. The smallest absolute Gasteiger partial charge is 0.231 e. The SMILES string of the molecule is Cc1cc2c(cc1C(CS)N(C)C)OCO2. The van der Waals surface area contributed by atoms with Crippen molar-refractivity contribution in [3.05, 3.63) is 23.3 Å². The van der Waals surface area contributed by atoms with Gasteiger partial charge in [0.1, 0.15) is 0 Å². The summed E-state index contributed by atoms with van der Waals surface area (Å²) >= 11 is 4.40. The van der Waals surface area contributed by atoms with E-state index in [1.807, 2.05) is 6.07 Å². The highest BCUT2D eigenvalue weighted by atomic mass is 32.1. The normalized spacial score (nSPS) is 15.6. The first-order chi connectivity index (χ1) is 7.63. The van der Waals surface area contributed by atoms with Crippen molar-refractivity contribution in [2.24, 2.45) is 0 Å². The lowest BCUT2D eigenvalue weighted by Crippen LogP contribution is -2.22. The van der Waals surface area contributed by atoms with Crippen LogP contribution in [-0.4, -0.2) is 31.5 Å². The van der Waals surface area contributed by atoms with Crippen LogP contribution in [0.4, 0.5) is 0 Å². The van der Waals surface area contributed by atoms with Crippen LogP contribution in [0.5, 0.6) is 11.5 Å². The Kier molecular flexibility index (Phi) is 3.30. The lowest BCUT2D eigenvalue weighted by atomic mass is 10.0. The molecule has 1 atom stereocenters. The molecule has 0 N–H and O–H groups in total. The molecule has 2 rings (SSSR count). The number of benzene rings is 1. The number of rotatable bonds is 3. The zero-order valence-electron chi connectivity index (χ0n) is 9.86. The van der Waals surface area contributed by atoms with Crippen LogP contribution >= 0.6 is 12.6 Å². The second-order valence-electron chi connectivity index (χ2n) is 4.22. The Morgan fingerprint density at radius 3 is 2.50 bits per heavy atom. The monoisotopic (exact) mass is 239 g/mol. The van der Waals surface area contributed by atoms with E-state index in [4.69, 9.17) is 9.47 Å². The van der Waals surface area contributed by atoms with E-state index < -0.39 is 0 Å². The third kappa shape index (κ3) is 1.99. The standard InChI is InChI=1S/C12H17NO2S/c1-8-4-11-12(15-7-14-11)5-9(8)10(6-16)13(2)3/h4-5,10,16H,6-7H2,1-3H3. The summed E-state index contributed by atoms with van der Waals surface area (Å²) in [6.07, 6.45) is 0. The third-order valence-corrected chi connectivity index (χ3v) is 3.26. The molecule has 0 aromatic heterocycles. The Bertz CT molecular complexity index is 393. The summed E-state index contributed by atoms with van der Waals surface area (Å²) in [5.41, 5.74) is 2.47. The molecule has 0 saturated heterocycles. The maximum Gasteiger partial charge on any atom is 0.231 e. The summed E-state index contributed by atoms with van der Waals surface area (Å²) in [5, 5.41) is 0. The van der Waals surface area contributed by atoms with Gasteiger partial charge in [-0.2, -0.15) is 12.6 Å². The summed E-state index contributed by atoms with van der Waals surface area (Å²) in [6, 6.07) is 4.41. The molecule has 0 saturated carbocycles. The molecule has 1 aromatic rings. The summed E-state index contributed by atoms with van der Waals surface area (Å²) in [6.45, 7) is 2.42. The van der Waals surface area contributed by atoms with Crippen molar-refractivity contribution >= 4 is 12.6 Å². The number of hydrogen-bond donors (Lipinski definition) is 1. The molecule has 1 heterocycles. The van der Waals surface area contributed by atoms with Crippen molar-refractivity contribution in [3.63, 3.8) is 0 Å². The van der Waals surface area contributed by atoms with E-state index in [0.717, 1.165) is 17.3 Å². The van der Waals surface area contributed by atoms with Crippen LogP contribution in [-0.2, 0) is 0 Å². The zero-order valence-corrected chi connectivity index (χ0v) is 10.8. The van der Waals surface area contributed by atoms with E-state index in [9.17, 15) is 0 Å². The quantitative estimate of drug-likeness (QED) is 0.818. The molecule has 0 bridgehead atoms. The van der Waals surface area contributed by atoms with Crippen molar-refractivity contribution in [2.45, 2.75) is 13.0 Å². The molecule has 0 spiro atoms. The second-order valence-corrected chi connectivity index (χ2v) is 4.59. The van der Waals surface area contributed by atoms with Crippen molar-refractivity contribution in [2.75, 3.05) is 26.6 Å². The fraction of sp³-hybridized carbons (Fsp3) is 0.500. The van der Waals surface area contributed by atoms with Gasteiger partial charge in [-0.05, 0) is 44.3 Å². The maximum atomic E-state index is 5.40. The molecule has 0 aliphatic carbocycles. The van der Waals surface area contributed by atoms with Gasteiger partial charge in [0.15, 0.2) is 11.5 Å². The van der Waals surface area contributed by atoms with Gasteiger partial charge in [0.05, 0.1) is 0 Å². The second kappa shape index (κ2) is 4.55. The minimum absolute atomic E-state index is 0.304. The molecular formula is C12H17NO2S. The molecule has 1 unspecified atom stereocenters. The first-order valence-corrected chi connectivity index (χ1v) is 5.94. The van der Waals surface area contributed by atoms with Crippen molar-refractivity contribution in [1.82, 2.24) is 4.90 Å². The fourth-order valence-corrected chi connectivity index (χ4v) is 2.48. The van der Waals surface area contributed by atoms with Crippen LogP contribution in [0.2, 0.25) is 0 Å². The number of hydrogen-bond acceptors (Lipinski definition) is 4. The van der Waals surface area contributed by atoms with Gasteiger partial charge in [0.25, 0.3) is 0 Å². The number of ether oxygens (including phenoxy) is 2. The van der Waals surface area contributed by atoms with Gasteiger partial charge < -0.3 is 14.4 Å². The van der Waals surface area contributed by atoms with E-state index in [1.165, 1.54) is 11.1 Å². The minimum Gasteiger partial charge on any atom is -0.454 e. The first kappa shape index (κ1) is 11.6. The van der Waals surface area contributed by atoms with E-state index >= 15 is 0 Å². The Hall–Kier alpha value is -0.870. The van der Waals surface area contributed by atoms with Gasteiger partial charge in [-0.3, -0.25) is 0 Å². The van der Waals surface area contributed by atoms with Gasteiger partial charge in [-0.1, -0.05) is 0 Å². The lowest BCUT2D eigenvalue weighted by molar-refractivity contribution is 0.174. The van der Waals surface area contributed by atoms with Crippen molar-refractivity contribution < 1.29 is 9.47 Å². The average Bonchev–Trinajstić information content (AvgIpc) is 2.65. The van der Waals surface area contributed by atoms with Crippen LogP contribution in [0.1, 0.15) is 17.2 Å². The molecule has 16 heavy (non-hydrogen) atoms. The summed E-state index contributed by atoms with van der Waals surface area (Å²) in [7, 11) is 4.12. The topological polar surface area (TPSA) is 21.7 Å². The van der Waals surface area contributed by atoms with Gasteiger partial charge in [-0.25, -0.2) is 0 Å². The Balaban J connectivity index is 2.40. The molecule has 88 valence electrons. The first-order valence-electron chi connectivity index (χ1n) is 5.31. The Labute approximate surface area is 102 Å². The Morgan fingerprint density at radius 2 is 1.94 bits per heavy atom. The van der Waals surface area contributed by atoms with Crippen molar-refractivity contribution in [1.29, 1.82) is 0 Å². The molecule has 1 aromatic carbocycles. The summed E-state index contributed by atoms with van der Waals surface area (Å²) in [4.78, 5) is 2.16. The van der Waals surface area contributed by atoms with Crippen LogP contribution in [0.3, 0.4) is 0 Å². The highest BCUT2D eigenvalue weighted by Crippen LogP contribution is 2.37. The van der Waals surface area contributed by atoms with Crippen molar-refractivity contribution in [3.8, 4) is 11.5 Å². The van der Waals surface area contributed by atoms with E-state index in [2.05, 4.69) is 44.6 Å². The highest BCUT2D eigenvalue weighted by Gasteiger charge is 2.20. The van der Waals surface area contributed by atoms with Crippen LogP contribution < -0.4 is 9.47 Å². The Morgan fingerprint density at radius 1 is 1.31 bits per heavy atom. The van der Waals surface area contributed by atoms with E-state index in [1.54, 1.807) is 0 Å². The minimum atomic E-state index is 0.304. The van der Waals surface area contributed by atoms with Gasteiger partial charge in [-0.15, -0.1) is 0 Å². The zero-order chi connectivity index (χ0) is 11.7. The fourth-order valence-electron chi connectivity index (χ4n) is 1.96. The molecule has 3 nitrogen and oxygen atoms in total. The number of nitrogens with zero attached hydrogens (tertiary/aromatic N) is 1. The van der Waals surface area contributed by atoms with Gasteiger partial charge >= 0.3 is 0 Å². The number of aryl methyl sites for hydroxylation is 1. The molecule has 0 amide bonds. The van der Waals surface area contributed by atoms with Crippen LogP contribution in [0.15, 0.2) is 12.1 Å². The molecule has 1 aliphatic heterocycles. The van der Waals surface area contributed by atoms with Crippen LogP contribution in [0.25, 0.3) is 0 Å². The largest absolute Gasteiger partial charge is 0.454 e. The molecular weight excluding hydrogens is 222 g/mol. The summed E-state index contributed by atoms with van der Waals surface area (Å²) < 4.78 is 10.8. The van der Waals surface area contributed by atoms with Crippen LogP contribution in [0, 0.1) is 6.92 Å². The predicted molar refractivity (Wildman–Crippen MR) is 67.6 cm³/mol.